The summed E-state index contributed by atoms with van der Waals surface area (Å²) in [6.45, 7) is 6.43. The second-order valence-electron chi connectivity index (χ2n) is 8.30. The van der Waals surface area contributed by atoms with Gasteiger partial charge in [-0.05, 0) is 45.2 Å². The number of carboxylic acids is 1. The second kappa shape index (κ2) is 9.49. The second-order valence-corrected chi connectivity index (χ2v) is 9.33. The highest BCUT2D eigenvalue weighted by Crippen LogP contribution is 2.33. The molecule has 1 N–H and O–H groups in total. The van der Waals surface area contributed by atoms with Crippen molar-refractivity contribution in [3.8, 4) is 23.3 Å². The normalized spacial score (nSPS) is 15.7. The molecular weight excluding hydrogens is 432 g/mol. The largest absolute Gasteiger partial charge is 0.497 e. The van der Waals surface area contributed by atoms with E-state index < -0.39 is 11.6 Å². The molecule has 1 aliphatic heterocycles. The van der Waals surface area contributed by atoms with E-state index in [1.807, 2.05) is 20.8 Å². The van der Waals surface area contributed by atoms with Gasteiger partial charge in [0.1, 0.15) is 27.7 Å². The van der Waals surface area contributed by atoms with Crippen molar-refractivity contribution in [2.45, 2.75) is 38.7 Å². The maximum absolute atomic E-state index is 12.3. The Balaban J connectivity index is 1.83. The van der Waals surface area contributed by atoms with E-state index in [-0.39, 0.29) is 22.6 Å². The van der Waals surface area contributed by atoms with E-state index in [0.29, 0.717) is 41.6 Å². The summed E-state index contributed by atoms with van der Waals surface area (Å²) in [5, 5.41) is 10.3. The van der Waals surface area contributed by atoms with Gasteiger partial charge < -0.3 is 24.2 Å². The van der Waals surface area contributed by atoms with Crippen LogP contribution in [0.5, 0.6) is 11.5 Å². The quantitative estimate of drug-likeness (QED) is 0.692. The SMILES string of the molecule is COc1cc(C#Cc2nc(C3CCN(C(=O)OC(C)(C)C)C3)sc2C(=O)O)cc(OC)c1. The zero-order valence-electron chi connectivity index (χ0n) is 18.7. The summed E-state index contributed by atoms with van der Waals surface area (Å²) >= 11 is 1.10. The van der Waals surface area contributed by atoms with Crippen LogP contribution in [0, 0.1) is 11.8 Å². The Morgan fingerprint density at radius 1 is 1.16 bits per heavy atom. The Bertz CT molecular complexity index is 1050. The molecule has 1 unspecified atom stereocenters. The minimum Gasteiger partial charge on any atom is -0.497 e. The number of methoxy groups -OCH3 is 2. The van der Waals surface area contributed by atoms with Crippen LogP contribution in [0.15, 0.2) is 18.2 Å². The number of ether oxygens (including phenoxy) is 3. The molecule has 170 valence electrons. The average Bonchev–Trinajstić information content (AvgIpc) is 3.38. The van der Waals surface area contributed by atoms with Crippen LogP contribution >= 0.6 is 11.3 Å². The van der Waals surface area contributed by atoms with Crippen LogP contribution in [0.2, 0.25) is 0 Å². The minimum atomic E-state index is -1.08. The first-order valence-corrected chi connectivity index (χ1v) is 10.9. The number of aromatic nitrogens is 1. The standard InChI is InChI=1S/C23H26N2O6S/c1-23(2,3)31-22(28)25-9-8-15(13-25)20-24-18(19(32-20)21(26)27)7-6-14-10-16(29-4)12-17(11-14)30-5/h10-12,15H,8-9,13H2,1-5H3,(H,26,27). The number of carbonyl (C=O) groups excluding carboxylic acids is 1. The molecule has 0 aliphatic carbocycles. The Labute approximate surface area is 191 Å². The molecule has 1 fully saturated rings. The molecule has 0 spiro atoms. The highest BCUT2D eigenvalue weighted by molar-refractivity contribution is 7.13. The predicted octanol–water partition coefficient (Wildman–Crippen LogP) is 3.98. The lowest BCUT2D eigenvalue weighted by Gasteiger charge is -2.24. The third-order valence-electron chi connectivity index (χ3n) is 4.70. The van der Waals surface area contributed by atoms with Gasteiger partial charge >= 0.3 is 12.1 Å². The van der Waals surface area contributed by atoms with Crippen LogP contribution in [0.25, 0.3) is 0 Å². The van der Waals surface area contributed by atoms with Crippen LogP contribution in [0.4, 0.5) is 4.79 Å². The molecule has 1 saturated heterocycles. The van der Waals surface area contributed by atoms with Crippen molar-refractivity contribution in [2.75, 3.05) is 27.3 Å². The molecule has 0 radical (unpaired) electrons. The van der Waals surface area contributed by atoms with Gasteiger partial charge in [0, 0.05) is 30.6 Å². The Kier molecular flexibility index (Phi) is 6.94. The zero-order valence-corrected chi connectivity index (χ0v) is 19.5. The fraction of sp³-hybridized carbons (Fsp3) is 0.435. The Hall–Kier alpha value is -3.25. The first-order chi connectivity index (χ1) is 15.1. The van der Waals surface area contributed by atoms with Crippen LogP contribution in [-0.2, 0) is 4.74 Å². The fourth-order valence-corrected chi connectivity index (χ4v) is 4.19. The Morgan fingerprint density at radius 2 is 1.81 bits per heavy atom. The molecule has 0 bridgehead atoms. The molecule has 1 aromatic carbocycles. The first-order valence-electron chi connectivity index (χ1n) is 10.1. The van der Waals surface area contributed by atoms with Gasteiger partial charge in [-0.3, -0.25) is 0 Å². The molecule has 2 heterocycles. The highest BCUT2D eigenvalue weighted by atomic mass is 32.1. The maximum atomic E-state index is 12.3. The van der Waals surface area contributed by atoms with E-state index in [1.54, 1.807) is 37.3 Å². The van der Waals surface area contributed by atoms with E-state index in [0.717, 1.165) is 11.3 Å². The topological polar surface area (TPSA) is 98.2 Å². The van der Waals surface area contributed by atoms with Gasteiger partial charge in [-0.1, -0.05) is 5.92 Å². The van der Waals surface area contributed by atoms with Gasteiger partial charge in [-0.15, -0.1) is 11.3 Å². The third-order valence-corrected chi connectivity index (χ3v) is 5.91. The van der Waals surface area contributed by atoms with Gasteiger partial charge in [0.15, 0.2) is 0 Å². The number of hydrogen-bond donors (Lipinski definition) is 1. The molecule has 8 nitrogen and oxygen atoms in total. The lowest BCUT2D eigenvalue weighted by Crippen LogP contribution is -2.35. The molecule has 32 heavy (non-hydrogen) atoms. The van der Waals surface area contributed by atoms with Gasteiger partial charge in [0.05, 0.1) is 19.2 Å². The number of rotatable bonds is 4. The molecule has 3 rings (SSSR count). The number of amides is 1. The van der Waals surface area contributed by atoms with Crippen LogP contribution in [0.3, 0.4) is 0 Å². The summed E-state index contributed by atoms with van der Waals surface area (Å²) in [7, 11) is 3.09. The van der Waals surface area contributed by atoms with Gasteiger partial charge in [-0.25, -0.2) is 14.6 Å². The number of hydrogen-bond acceptors (Lipinski definition) is 7. The molecule has 0 saturated carbocycles. The highest BCUT2D eigenvalue weighted by Gasteiger charge is 2.33. The number of nitrogens with zero attached hydrogens (tertiary/aromatic N) is 2. The lowest BCUT2D eigenvalue weighted by molar-refractivity contribution is 0.0292. The molecule has 1 aromatic heterocycles. The molecule has 9 heteroatoms. The molecule has 2 aromatic rings. The van der Waals surface area contributed by atoms with E-state index in [9.17, 15) is 14.7 Å². The number of benzene rings is 1. The van der Waals surface area contributed by atoms with E-state index >= 15 is 0 Å². The number of carboxylic acid groups (broad SMARTS) is 1. The molecule has 1 atom stereocenters. The predicted molar refractivity (Wildman–Crippen MR) is 120 cm³/mol. The van der Waals surface area contributed by atoms with Gasteiger partial charge in [0.25, 0.3) is 0 Å². The summed E-state index contributed by atoms with van der Waals surface area (Å²) in [6, 6.07) is 5.20. The summed E-state index contributed by atoms with van der Waals surface area (Å²) in [5.41, 5.74) is 0.248. The van der Waals surface area contributed by atoms with Gasteiger partial charge in [-0.2, -0.15) is 0 Å². The van der Waals surface area contributed by atoms with E-state index in [2.05, 4.69) is 16.8 Å². The summed E-state index contributed by atoms with van der Waals surface area (Å²) in [6.07, 6.45) is 0.313. The molecule has 1 amide bonds. The van der Waals surface area contributed by atoms with Crippen LogP contribution < -0.4 is 9.47 Å². The van der Waals surface area contributed by atoms with E-state index in [1.165, 1.54) is 0 Å². The van der Waals surface area contributed by atoms with E-state index in [4.69, 9.17) is 14.2 Å². The average molecular weight is 459 g/mol. The van der Waals surface area contributed by atoms with Crippen molar-refractivity contribution in [3.05, 3.63) is 39.3 Å². The summed E-state index contributed by atoms with van der Waals surface area (Å²) in [5.74, 6) is 5.85. The lowest BCUT2D eigenvalue weighted by atomic mass is 10.1. The fourth-order valence-electron chi connectivity index (χ4n) is 3.21. The summed E-state index contributed by atoms with van der Waals surface area (Å²) in [4.78, 5) is 30.3. The first kappa shape index (κ1) is 23.4. The van der Waals surface area contributed by atoms with Crippen molar-refractivity contribution in [1.29, 1.82) is 0 Å². The number of likely N-dealkylation sites (tertiary alicyclic amines) is 1. The van der Waals surface area contributed by atoms with Gasteiger partial charge in [0.2, 0.25) is 0 Å². The minimum absolute atomic E-state index is 0.0573. The van der Waals surface area contributed by atoms with Crippen LogP contribution in [0.1, 0.15) is 59.0 Å². The van der Waals surface area contributed by atoms with Crippen molar-refractivity contribution < 1.29 is 28.9 Å². The van der Waals surface area contributed by atoms with Crippen molar-refractivity contribution in [2.24, 2.45) is 0 Å². The summed E-state index contributed by atoms with van der Waals surface area (Å²) < 4.78 is 15.9. The van der Waals surface area contributed by atoms with Crippen molar-refractivity contribution in [1.82, 2.24) is 9.88 Å². The Morgan fingerprint density at radius 3 is 2.38 bits per heavy atom. The number of aromatic carboxylic acids is 1. The smallest absolute Gasteiger partial charge is 0.410 e. The monoisotopic (exact) mass is 458 g/mol. The van der Waals surface area contributed by atoms with Crippen LogP contribution in [-0.4, -0.2) is 60.0 Å². The molecular formula is C23H26N2O6S. The van der Waals surface area contributed by atoms with Crippen molar-refractivity contribution >= 4 is 23.4 Å². The maximum Gasteiger partial charge on any atom is 0.410 e. The van der Waals surface area contributed by atoms with Crippen molar-refractivity contribution in [3.63, 3.8) is 0 Å². The zero-order chi connectivity index (χ0) is 23.5. The number of thiazole rings is 1. The third kappa shape index (κ3) is 5.71. The number of carbonyl (C=O) groups is 2. The molecule has 1 aliphatic rings.